The summed E-state index contributed by atoms with van der Waals surface area (Å²) in [7, 11) is 0. The Morgan fingerprint density at radius 1 is 0.968 bits per heavy atom. The highest BCUT2D eigenvalue weighted by atomic mass is 79.9. The van der Waals surface area contributed by atoms with Crippen molar-refractivity contribution >= 4 is 45.1 Å². The lowest BCUT2D eigenvalue weighted by Crippen LogP contribution is -2.30. The van der Waals surface area contributed by atoms with E-state index in [2.05, 4.69) is 22.0 Å². The van der Waals surface area contributed by atoms with E-state index in [-0.39, 0.29) is 17.3 Å². The van der Waals surface area contributed by atoms with Crippen LogP contribution in [0.4, 0.5) is 5.69 Å². The third kappa shape index (κ3) is 4.48. The first-order chi connectivity index (χ1) is 15.1. The van der Waals surface area contributed by atoms with Gasteiger partial charge < -0.3 is 0 Å². The first kappa shape index (κ1) is 21.1. The molecule has 1 aliphatic rings. The van der Waals surface area contributed by atoms with Gasteiger partial charge in [0.2, 0.25) is 11.7 Å². The first-order valence-corrected chi connectivity index (χ1v) is 11.3. The Bertz CT molecular complexity index is 1190. The van der Waals surface area contributed by atoms with Crippen LogP contribution in [0, 0.1) is 11.3 Å². The van der Waals surface area contributed by atoms with Gasteiger partial charge in [-0.15, -0.1) is 0 Å². The van der Waals surface area contributed by atoms with Crippen LogP contribution in [-0.4, -0.2) is 16.9 Å². The maximum absolute atomic E-state index is 13.4. The maximum atomic E-state index is 13.4. The van der Waals surface area contributed by atoms with Crippen molar-refractivity contribution in [1.82, 2.24) is 0 Å². The summed E-state index contributed by atoms with van der Waals surface area (Å²) in [5, 5.41) is 9.85. The fraction of sp³-hybridized carbons (Fsp3) is 0.0800. The number of Topliss-reactive ketones (excluding diaryl/α,β-unsaturated/α-hetero) is 1. The van der Waals surface area contributed by atoms with Crippen LogP contribution >= 0.6 is 27.7 Å². The van der Waals surface area contributed by atoms with E-state index < -0.39 is 5.25 Å². The number of halogens is 1. The van der Waals surface area contributed by atoms with Crippen molar-refractivity contribution in [3.05, 3.63) is 111 Å². The molecule has 0 N–H and O–H groups in total. The molecule has 0 radical (unpaired) electrons. The zero-order valence-corrected chi connectivity index (χ0v) is 18.8. The van der Waals surface area contributed by atoms with Crippen LogP contribution in [0.25, 0.3) is 0 Å². The second kappa shape index (κ2) is 9.34. The molecule has 0 unspecified atom stereocenters. The molecule has 3 aromatic carbocycles. The summed E-state index contributed by atoms with van der Waals surface area (Å²) in [6.07, 6.45) is 0.502. The number of thioether (sulfide) groups is 1. The number of benzene rings is 3. The van der Waals surface area contributed by atoms with Gasteiger partial charge in [-0.25, -0.2) is 0 Å². The number of hydrogen-bond acceptors (Lipinski definition) is 4. The first-order valence-electron chi connectivity index (χ1n) is 9.62. The lowest BCUT2D eigenvalue weighted by molar-refractivity contribution is -0.117. The summed E-state index contributed by atoms with van der Waals surface area (Å²) < 4.78 is 0.966. The van der Waals surface area contributed by atoms with Crippen LogP contribution in [0.3, 0.4) is 0 Å². The summed E-state index contributed by atoms with van der Waals surface area (Å²) in [4.78, 5) is 28.0. The number of anilines is 1. The molecule has 6 heteroatoms. The van der Waals surface area contributed by atoms with Gasteiger partial charge in [-0.3, -0.25) is 14.5 Å². The zero-order chi connectivity index (χ0) is 21.8. The summed E-state index contributed by atoms with van der Waals surface area (Å²) in [6, 6.07) is 27.7. The van der Waals surface area contributed by atoms with E-state index in [1.165, 1.54) is 16.7 Å². The van der Waals surface area contributed by atoms with Gasteiger partial charge in [0.25, 0.3) is 0 Å². The molecule has 0 aromatic heterocycles. The maximum Gasteiger partial charge on any atom is 0.245 e. The van der Waals surface area contributed by atoms with E-state index in [9.17, 15) is 14.9 Å². The average Bonchev–Trinajstić information content (AvgIpc) is 3.12. The molecular formula is C25H17BrN2O2S. The summed E-state index contributed by atoms with van der Waals surface area (Å²) >= 11 is 4.70. The Kier molecular flexibility index (Phi) is 6.36. The highest BCUT2D eigenvalue weighted by molar-refractivity contribution is 9.10. The molecule has 1 atom stereocenters. The molecule has 1 heterocycles. The minimum atomic E-state index is -0.427. The van der Waals surface area contributed by atoms with Crippen LogP contribution in [0.15, 0.2) is 100 Å². The van der Waals surface area contributed by atoms with Crippen LogP contribution in [0.1, 0.15) is 15.9 Å². The van der Waals surface area contributed by atoms with Crippen molar-refractivity contribution in [2.45, 2.75) is 11.7 Å². The van der Waals surface area contributed by atoms with Crippen molar-refractivity contribution in [2.75, 3.05) is 4.90 Å². The third-order valence-corrected chi connectivity index (χ3v) is 6.68. The number of amides is 1. The van der Waals surface area contributed by atoms with Crippen molar-refractivity contribution in [3.63, 3.8) is 0 Å². The normalized spacial score (nSPS) is 17.4. The number of rotatable bonds is 5. The third-order valence-electron chi connectivity index (χ3n) is 4.89. The Balaban J connectivity index is 1.77. The van der Waals surface area contributed by atoms with Gasteiger partial charge >= 0.3 is 0 Å². The highest BCUT2D eigenvalue weighted by Gasteiger charge is 2.40. The van der Waals surface area contributed by atoms with Crippen LogP contribution in [0.5, 0.6) is 0 Å². The number of allylic oxidation sites excluding steroid dienone is 1. The zero-order valence-electron chi connectivity index (χ0n) is 16.4. The van der Waals surface area contributed by atoms with Gasteiger partial charge in [-0.1, -0.05) is 88.4 Å². The van der Waals surface area contributed by atoms with E-state index >= 15 is 0 Å². The van der Waals surface area contributed by atoms with Gasteiger partial charge in [0.1, 0.15) is 16.7 Å². The van der Waals surface area contributed by atoms with E-state index in [1.807, 2.05) is 60.7 Å². The SMILES string of the molecule is N#C/C(C(=O)c1ccccc1)=C1/S[C@H](Cc2ccc(Br)cc2)C(=O)N1c1ccccc1. The molecule has 0 spiro atoms. The van der Waals surface area contributed by atoms with Gasteiger partial charge in [0, 0.05) is 15.7 Å². The Morgan fingerprint density at radius 2 is 1.58 bits per heavy atom. The van der Waals surface area contributed by atoms with E-state index in [4.69, 9.17) is 0 Å². The lowest BCUT2D eigenvalue weighted by Gasteiger charge is -2.18. The smallest absolute Gasteiger partial charge is 0.245 e. The molecule has 31 heavy (non-hydrogen) atoms. The summed E-state index contributed by atoms with van der Waals surface area (Å²) in [5.41, 5.74) is 2.05. The minimum Gasteiger partial charge on any atom is -0.288 e. The number of carbonyl (C=O) groups is 2. The molecule has 152 valence electrons. The average molecular weight is 489 g/mol. The van der Waals surface area contributed by atoms with Crippen molar-refractivity contribution in [1.29, 1.82) is 5.26 Å². The monoisotopic (exact) mass is 488 g/mol. The molecule has 1 amide bonds. The minimum absolute atomic E-state index is 0.0216. The number of carbonyl (C=O) groups excluding carboxylic acids is 2. The topological polar surface area (TPSA) is 61.2 Å². The van der Waals surface area contributed by atoms with Gasteiger partial charge in [-0.2, -0.15) is 5.26 Å². The molecule has 0 aliphatic carbocycles. The molecule has 3 aromatic rings. The largest absolute Gasteiger partial charge is 0.288 e. The molecule has 4 rings (SSSR count). The van der Waals surface area contributed by atoms with E-state index in [1.54, 1.807) is 24.3 Å². The summed E-state index contributed by atoms with van der Waals surface area (Å²) in [5.74, 6) is -0.522. The predicted octanol–water partition coefficient (Wildman–Crippen LogP) is 5.76. The highest BCUT2D eigenvalue weighted by Crippen LogP contribution is 2.42. The molecule has 1 fully saturated rings. The van der Waals surface area contributed by atoms with E-state index in [0.29, 0.717) is 22.7 Å². The Labute approximate surface area is 193 Å². The van der Waals surface area contributed by atoms with Gasteiger partial charge in [0.15, 0.2) is 0 Å². The van der Waals surface area contributed by atoms with Gasteiger partial charge in [0.05, 0.1) is 5.25 Å². The molecular weight excluding hydrogens is 472 g/mol. The predicted molar refractivity (Wildman–Crippen MR) is 127 cm³/mol. The number of para-hydroxylation sites is 1. The number of nitrogens with zero attached hydrogens (tertiary/aromatic N) is 2. The number of nitriles is 1. The van der Waals surface area contributed by atoms with Crippen LogP contribution in [-0.2, 0) is 11.2 Å². The fourth-order valence-corrected chi connectivity index (χ4v) is 4.94. The van der Waals surface area contributed by atoms with Crippen molar-refractivity contribution in [3.8, 4) is 6.07 Å². The quantitative estimate of drug-likeness (QED) is 0.260. The molecule has 1 aliphatic heterocycles. The standard InChI is InChI=1S/C25H17BrN2O2S/c26-19-13-11-17(12-14-19)15-22-24(30)28(20-9-5-2-6-10-20)25(31-22)21(16-27)23(29)18-7-3-1-4-8-18/h1-14,22H,15H2/b25-21-/t22-/m1/s1. The molecule has 0 saturated carbocycles. The fourth-order valence-electron chi connectivity index (χ4n) is 3.37. The summed E-state index contributed by atoms with van der Waals surface area (Å²) in [6.45, 7) is 0. The second-order valence-corrected chi connectivity index (χ2v) is 9.04. The number of hydrogen-bond donors (Lipinski definition) is 0. The van der Waals surface area contributed by atoms with Gasteiger partial charge in [-0.05, 0) is 36.2 Å². The van der Waals surface area contributed by atoms with Crippen LogP contribution in [0.2, 0.25) is 0 Å². The van der Waals surface area contributed by atoms with E-state index in [0.717, 1.165) is 10.0 Å². The number of ketones is 1. The second-order valence-electron chi connectivity index (χ2n) is 6.93. The van der Waals surface area contributed by atoms with Crippen molar-refractivity contribution in [2.24, 2.45) is 0 Å². The molecule has 4 nitrogen and oxygen atoms in total. The Morgan fingerprint density at radius 3 is 2.19 bits per heavy atom. The lowest BCUT2D eigenvalue weighted by atomic mass is 10.0. The van der Waals surface area contributed by atoms with Crippen LogP contribution < -0.4 is 4.90 Å². The molecule has 1 saturated heterocycles. The van der Waals surface area contributed by atoms with Crippen molar-refractivity contribution < 1.29 is 9.59 Å². The Hall–Kier alpha value is -3.14. The molecule has 0 bridgehead atoms.